The SMILES string of the molecule is CCCCCCCCCCCCCn1cc[n+](CCCCC)c1C. The number of imidazole rings is 1. The summed E-state index contributed by atoms with van der Waals surface area (Å²) in [6.45, 7) is 9.22. The molecule has 0 fully saturated rings. The molecule has 0 amide bonds. The van der Waals surface area contributed by atoms with Crippen LogP contribution >= 0.6 is 0 Å². The minimum absolute atomic E-state index is 1.19. The molecule has 0 saturated heterocycles. The summed E-state index contributed by atoms with van der Waals surface area (Å²) in [7, 11) is 0. The molecule has 0 aliphatic carbocycles. The van der Waals surface area contributed by atoms with Gasteiger partial charge in [-0.2, -0.15) is 0 Å². The lowest BCUT2D eigenvalue weighted by Gasteiger charge is -2.03. The van der Waals surface area contributed by atoms with Crippen molar-refractivity contribution in [2.75, 3.05) is 0 Å². The van der Waals surface area contributed by atoms with Gasteiger partial charge in [0, 0.05) is 6.92 Å². The van der Waals surface area contributed by atoms with Crippen molar-refractivity contribution < 1.29 is 4.57 Å². The van der Waals surface area contributed by atoms with E-state index in [1.54, 1.807) is 0 Å². The summed E-state index contributed by atoms with van der Waals surface area (Å²) in [4.78, 5) is 0. The highest BCUT2D eigenvalue weighted by Gasteiger charge is 2.10. The van der Waals surface area contributed by atoms with E-state index in [2.05, 4.69) is 42.3 Å². The van der Waals surface area contributed by atoms with Crippen molar-refractivity contribution in [3.8, 4) is 0 Å². The lowest BCUT2D eigenvalue weighted by Crippen LogP contribution is -2.35. The zero-order chi connectivity index (χ0) is 17.5. The molecule has 0 aliphatic heterocycles. The summed E-state index contributed by atoms with van der Waals surface area (Å²) in [6, 6.07) is 0. The van der Waals surface area contributed by atoms with Gasteiger partial charge in [-0.3, -0.25) is 0 Å². The molecular weight excluding hydrogens is 292 g/mol. The molecule has 0 spiro atoms. The Labute approximate surface area is 151 Å². The number of hydrogen-bond acceptors (Lipinski definition) is 0. The molecule has 0 radical (unpaired) electrons. The number of hydrogen-bond donors (Lipinski definition) is 0. The van der Waals surface area contributed by atoms with Crippen LogP contribution in [0.3, 0.4) is 0 Å². The van der Waals surface area contributed by atoms with Crippen LogP contribution in [0.2, 0.25) is 0 Å². The molecule has 1 aromatic heterocycles. The Bertz CT molecular complexity index is 395. The highest BCUT2D eigenvalue weighted by molar-refractivity contribution is 4.79. The molecule has 0 aromatic carbocycles. The van der Waals surface area contributed by atoms with Gasteiger partial charge in [0.05, 0.1) is 13.1 Å². The van der Waals surface area contributed by atoms with Gasteiger partial charge in [-0.15, -0.1) is 0 Å². The fourth-order valence-electron chi connectivity index (χ4n) is 3.49. The van der Waals surface area contributed by atoms with Crippen LogP contribution in [0.25, 0.3) is 0 Å². The van der Waals surface area contributed by atoms with Gasteiger partial charge in [-0.05, 0) is 25.7 Å². The third-order valence-electron chi connectivity index (χ3n) is 5.26. The van der Waals surface area contributed by atoms with Crippen molar-refractivity contribution in [1.82, 2.24) is 4.57 Å². The summed E-state index contributed by atoms with van der Waals surface area (Å²) in [6.07, 6.45) is 24.2. The standard InChI is InChI=1S/C22H43N2/c1-4-6-8-9-10-11-12-13-14-15-17-19-24-21-20-23(22(24)3)18-16-7-5-2/h20-21H,4-19H2,1-3H3/q+1. The Kier molecular flexibility index (Phi) is 12.9. The molecule has 2 nitrogen and oxygen atoms in total. The summed E-state index contributed by atoms with van der Waals surface area (Å²) in [5, 5.41) is 0. The second kappa shape index (κ2) is 14.5. The predicted octanol–water partition coefficient (Wildman–Crippen LogP) is 6.59. The lowest BCUT2D eigenvalue weighted by atomic mass is 10.1. The Morgan fingerprint density at radius 2 is 1.21 bits per heavy atom. The van der Waals surface area contributed by atoms with E-state index >= 15 is 0 Å². The Balaban J connectivity index is 1.99. The second-order valence-electron chi connectivity index (χ2n) is 7.47. The number of aryl methyl sites for hydroxylation is 2. The van der Waals surface area contributed by atoms with Crippen molar-refractivity contribution >= 4 is 0 Å². The largest absolute Gasteiger partial charge is 0.253 e. The lowest BCUT2D eigenvalue weighted by molar-refractivity contribution is -0.702. The van der Waals surface area contributed by atoms with Crippen LogP contribution in [-0.2, 0) is 13.1 Å². The molecule has 1 rings (SSSR count). The number of unbranched alkanes of at least 4 members (excludes halogenated alkanes) is 12. The first-order valence-corrected chi connectivity index (χ1v) is 10.8. The van der Waals surface area contributed by atoms with E-state index in [-0.39, 0.29) is 0 Å². The summed E-state index contributed by atoms with van der Waals surface area (Å²) in [5.41, 5.74) is 0. The van der Waals surface area contributed by atoms with Crippen LogP contribution < -0.4 is 4.57 Å². The fourth-order valence-corrected chi connectivity index (χ4v) is 3.49. The first-order chi connectivity index (χ1) is 11.8. The molecule has 0 N–H and O–H groups in total. The van der Waals surface area contributed by atoms with Gasteiger partial charge < -0.3 is 0 Å². The van der Waals surface area contributed by atoms with Gasteiger partial charge in [0.1, 0.15) is 12.4 Å². The average molecular weight is 336 g/mol. The smallest absolute Gasteiger partial charge is 0.234 e. The van der Waals surface area contributed by atoms with Crippen molar-refractivity contribution in [2.24, 2.45) is 0 Å². The normalized spacial score (nSPS) is 11.3. The molecule has 1 aromatic rings. The first-order valence-electron chi connectivity index (χ1n) is 10.8. The van der Waals surface area contributed by atoms with E-state index in [9.17, 15) is 0 Å². The Morgan fingerprint density at radius 1 is 0.708 bits per heavy atom. The number of rotatable bonds is 16. The third-order valence-corrected chi connectivity index (χ3v) is 5.26. The number of aromatic nitrogens is 2. The van der Waals surface area contributed by atoms with Gasteiger partial charge in [-0.25, -0.2) is 9.13 Å². The minimum atomic E-state index is 1.19. The first kappa shape index (κ1) is 21.3. The summed E-state index contributed by atoms with van der Waals surface area (Å²) >= 11 is 0. The van der Waals surface area contributed by atoms with Gasteiger partial charge in [0.15, 0.2) is 0 Å². The van der Waals surface area contributed by atoms with Crippen LogP contribution in [0.1, 0.15) is 110 Å². The van der Waals surface area contributed by atoms with E-state index in [1.165, 1.54) is 109 Å². The van der Waals surface area contributed by atoms with Gasteiger partial charge in [0.25, 0.3) is 5.82 Å². The van der Waals surface area contributed by atoms with Crippen LogP contribution in [0.15, 0.2) is 12.4 Å². The third kappa shape index (κ3) is 9.49. The zero-order valence-electron chi connectivity index (χ0n) is 16.9. The average Bonchev–Trinajstić information content (AvgIpc) is 2.93. The molecule has 0 atom stereocenters. The molecule has 140 valence electrons. The Hall–Kier alpha value is -0.790. The van der Waals surface area contributed by atoms with Gasteiger partial charge >= 0.3 is 0 Å². The van der Waals surface area contributed by atoms with Crippen molar-refractivity contribution in [2.45, 2.75) is 124 Å². The maximum atomic E-state index is 2.44. The maximum absolute atomic E-state index is 2.44. The van der Waals surface area contributed by atoms with Crippen LogP contribution in [0.4, 0.5) is 0 Å². The van der Waals surface area contributed by atoms with Crippen molar-refractivity contribution in [3.05, 3.63) is 18.2 Å². The monoisotopic (exact) mass is 335 g/mol. The quantitative estimate of drug-likeness (QED) is 0.238. The van der Waals surface area contributed by atoms with E-state index in [0.29, 0.717) is 0 Å². The molecule has 0 unspecified atom stereocenters. The van der Waals surface area contributed by atoms with Crippen molar-refractivity contribution in [3.63, 3.8) is 0 Å². The highest BCUT2D eigenvalue weighted by Crippen LogP contribution is 2.11. The summed E-state index contributed by atoms with van der Waals surface area (Å²) in [5.74, 6) is 1.43. The van der Waals surface area contributed by atoms with E-state index in [4.69, 9.17) is 0 Å². The maximum Gasteiger partial charge on any atom is 0.253 e. The van der Waals surface area contributed by atoms with Crippen LogP contribution in [-0.4, -0.2) is 4.57 Å². The molecule has 2 heteroatoms. The topological polar surface area (TPSA) is 8.81 Å². The molecule has 0 aliphatic rings. The van der Waals surface area contributed by atoms with Crippen molar-refractivity contribution in [1.29, 1.82) is 0 Å². The molecule has 24 heavy (non-hydrogen) atoms. The highest BCUT2D eigenvalue weighted by atomic mass is 15.1. The summed E-state index contributed by atoms with van der Waals surface area (Å²) < 4.78 is 4.87. The van der Waals surface area contributed by atoms with Crippen LogP contribution in [0, 0.1) is 6.92 Å². The molecular formula is C22H43N2+. The fraction of sp³-hybridized carbons (Fsp3) is 0.864. The van der Waals surface area contributed by atoms with E-state index < -0.39 is 0 Å². The molecule has 0 bridgehead atoms. The van der Waals surface area contributed by atoms with Gasteiger partial charge in [-0.1, -0.05) is 78.1 Å². The van der Waals surface area contributed by atoms with E-state index in [0.717, 1.165) is 0 Å². The Morgan fingerprint density at radius 3 is 1.79 bits per heavy atom. The molecule has 1 heterocycles. The zero-order valence-corrected chi connectivity index (χ0v) is 16.9. The van der Waals surface area contributed by atoms with Gasteiger partial charge in [0.2, 0.25) is 0 Å². The second-order valence-corrected chi connectivity index (χ2v) is 7.47. The van der Waals surface area contributed by atoms with Crippen LogP contribution in [0.5, 0.6) is 0 Å². The predicted molar refractivity (Wildman–Crippen MR) is 105 cm³/mol. The number of nitrogens with zero attached hydrogens (tertiary/aromatic N) is 2. The van der Waals surface area contributed by atoms with E-state index in [1.807, 2.05) is 0 Å². The molecule has 0 saturated carbocycles. The minimum Gasteiger partial charge on any atom is -0.234 e.